The Kier molecular flexibility index (Phi) is 8.72. The number of nitrogens with zero attached hydrogens (tertiary/aromatic N) is 4. The van der Waals surface area contributed by atoms with Crippen LogP contribution in [-0.4, -0.2) is 27.8 Å². The van der Waals surface area contributed by atoms with Crippen LogP contribution in [0, 0.1) is 6.92 Å². The molecule has 0 aliphatic rings. The molecule has 0 atom stereocenters. The molecule has 24 heavy (non-hydrogen) atoms. The summed E-state index contributed by atoms with van der Waals surface area (Å²) in [6.45, 7) is 9.63. The molecule has 9 heteroatoms. The van der Waals surface area contributed by atoms with Crippen molar-refractivity contribution in [1.82, 2.24) is 25.9 Å². The number of hydrogen-bond acceptors (Lipinski definition) is 6. The number of nitrogens with one attached hydrogen (secondary N) is 2. The standard InChI is InChI=1S/C15H24N6O2.HI/c1-5-12-11(13(6-2)22-21-12)8-17-15(16-7-3)18-9-14-19-10(4)20-23-14;/h5-9H2,1-4H3,(H2,16,17,18);1H. The van der Waals surface area contributed by atoms with E-state index in [4.69, 9.17) is 9.05 Å². The highest BCUT2D eigenvalue weighted by Crippen LogP contribution is 2.16. The van der Waals surface area contributed by atoms with Crippen molar-refractivity contribution in [3.05, 3.63) is 28.7 Å². The molecule has 0 aliphatic carbocycles. The number of guanidine groups is 1. The van der Waals surface area contributed by atoms with Gasteiger partial charge in [0.1, 0.15) is 5.76 Å². The maximum absolute atomic E-state index is 5.37. The lowest BCUT2D eigenvalue weighted by Crippen LogP contribution is -2.36. The van der Waals surface area contributed by atoms with Gasteiger partial charge in [0, 0.05) is 18.5 Å². The molecule has 0 spiro atoms. The lowest BCUT2D eigenvalue weighted by Gasteiger charge is -2.09. The SMILES string of the molecule is CCNC(=NCc1c(CC)noc1CC)NCc1nc(C)no1.I. The summed E-state index contributed by atoms with van der Waals surface area (Å²) in [6, 6.07) is 0. The molecule has 0 aromatic carbocycles. The van der Waals surface area contributed by atoms with Crippen LogP contribution in [0.15, 0.2) is 14.0 Å². The largest absolute Gasteiger partial charge is 0.361 e. The number of halogens is 1. The van der Waals surface area contributed by atoms with E-state index < -0.39 is 0 Å². The molecule has 0 bridgehead atoms. The fourth-order valence-electron chi connectivity index (χ4n) is 2.19. The Morgan fingerprint density at radius 3 is 2.46 bits per heavy atom. The molecule has 2 aromatic heterocycles. The summed E-state index contributed by atoms with van der Waals surface area (Å²) >= 11 is 0. The Hall–Kier alpha value is -1.65. The van der Waals surface area contributed by atoms with Crippen LogP contribution in [0.5, 0.6) is 0 Å². The van der Waals surface area contributed by atoms with Gasteiger partial charge in [-0.25, -0.2) is 4.99 Å². The van der Waals surface area contributed by atoms with Crippen LogP contribution in [0.4, 0.5) is 0 Å². The molecule has 2 N–H and O–H groups in total. The molecule has 0 unspecified atom stereocenters. The summed E-state index contributed by atoms with van der Waals surface area (Å²) in [5.74, 6) is 2.73. The second kappa shape index (κ2) is 10.3. The highest BCUT2D eigenvalue weighted by molar-refractivity contribution is 14.0. The number of rotatable bonds is 7. The van der Waals surface area contributed by atoms with Crippen molar-refractivity contribution in [2.45, 2.75) is 53.6 Å². The van der Waals surface area contributed by atoms with Gasteiger partial charge in [-0.05, 0) is 20.3 Å². The van der Waals surface area contributed by atoms with Crippen LogP contribution < -0.4 is 10.6 Å². The molecule has 0 aliphatic heterocycles. The molecular formula is C15H25IN6O2. The molecule has 0 radical (unpaired) electrons. The predicted octanol–water partition coefficient (Wildman–Crippen LogP) is 2.36. The van der Waals surface area contributed by atoms with Gasteiger partial charge in [-0.1, -0.05) is 24.2 Å². The topological polar surface area (TPSA) is 101 Å². The number of aromatic nitrogens is 3. The van der Waals surface area contributed by atoms with Crippen LogP contribution >= 0.6 is 24.0 Å². The van der Waals surface area contributed by atoms with Crippen molar-refractivity contribution >= 4 is 29.9 Å². The third-order valence-corrected chi connectivity index (χ3v) is 3.32. The van der Waals surface area contributed by atoms with E-state index in [9.17, 15) is 0 Å². The minimum atomic E-state index is 0. The van der Waals surface area contributed by atoms with E-state index >= 15 is 0 Å². The van der Waals surface area contributed by atoms with Gasteiger partial charge in [-0.15, -0.1) is 24.0 Å². The summed E-state index contributed by atoms with van der Waals surface area (Å²) in [6.07, 6.45) is 1.64. The van der Waals surface area contributed by atoms with Crippen molar-refractivity contribution in [2.24, 2.45) is 4.99 Å². The summed E-state index contributed by atoms with van der Waals surface area (Å²) in [4.78, 5) is 8.76. The molecule has 0 amide bonds. The predicted molar refractivity (Wildman–Crippen MR) is 101 cm³/mol. The number of aliphatic imine (C=N–C) groups is 1. The highest BCUT2D eigenvalue weighted by atomic mass is 127. The second-order valence-corrected chi connectivity index (χ2v) is 5.02. The first-order valence-electron chi connectivity index (χ1n) is 7.95. The lowest BCUT2D eigenvalue weighted by atomic mass is 10.1. The van der Waals surface area contributed by atoms with Gasteiger partial charge in [-0.2, -0.15) is 4.98 Å². The fourth-order valence-corrected chi connectivity index (χ4v) is 2.19. The molecule has 0 saturated heterocycles. The van der Waals surface area contributed by atoms with Crippen molar-refractivity contribution in [3.63, 3.8) is 0 Å². The zero-order valence-corrected chi connectivity index (χ0v) is 16.9. The van der Waals surface area contributed by atoms with E-state index in [1.54, 1.807) is 6.92 Å². The normalized spacial score (nSPS) is 11.2. The molecule has 0 saturated carbocycles. The third-order valence-electron chi connectivity index (χ3n) is 3.32. The average molecular weight is 448 g/mol. The first-order valence-corrected chi connectivity index (χ1v) is 7.95. The molecule has 2 rings (SSSR count). The van der Waals surface area contributed by atoms with Crippen molar-refractivity contribution in [2.75, 3.05) is 6.54 Å². The van der Waals surface area contributed by atoms with E-state index in [-0.39, 0.29) is 24.0 Å². The van der Waals surface area contributed by atoms with Gasteiger partial charge in [0.15, 0.2) is 11.8 Å². The molecule has 134 valence electrons. The quantitative estimate of drug-likeness (QED) is 0.381. The number of hydrogen-bond donors (Lipinski definition) is 2. The van der Waals surface area contributed by atoms with Crippen molar-refractivity contribution in [3.8, 4) is 0 Å². The third kappa shape index (κ3) is 5.46. The fraction of sp³-hybridized carbons (Fsp3) is 0.600. The Balaban J connectivity index is 0.00000288. The van der Waals surface area contributed by atoms with Gasteiger partial charge in [0.25, 0.3) is 0 Å². The first-order chi connectivity index (χ1) is 11.2. The van der Waals surface area contributed by atoms with Crippen molar-refractivity contribution in [1.29, 1.82) is 0 Å². The molecule has 2 heterocycles. The molecule has 8 nitrogen and oxygen atoms in total. The smallest absolute Gasteiger partial charge is 0.246 e. The van der Waals surface area contributed by atoms with Crippen LogP contribution in [-0.2, 0) is 25.9 Å². The average Bonchev–Trinajstić information content (AvgIpc) is 3.15. The Bertz CT molecular complexity index is 631. The van der Waals surface area contributed by atoms with Crippen LogP contribution in [0.3, 0.4) is 0 Å². The summed E-state index contributed by atoms with van der Waals surface area (Å²) in [7, 11) is 0. The summed E-state index contributed by atoms with van der Waals surface area (Å²) in [5, 5.41) is 14.2. The van der Waals surface area contributed by atoms with Crippen LogP contribution in [0.25, 0.3) is 0 Å². The van der Waals surface area contributed by atoms with Crippen LogP contribution in [0.2, 0.25) is 0 Å². The zero-order valence-electron chi connectivity index (χ0n) is 14.5. The van der Waals surface area contributed by atoms with E-state index in [1.165, 1.54) is 0 Å². The minimum Gasteiger partial charge on any atom is -0.361 e. The zero-order chi connectivity index (χ0) is 16.7. The molecular weight excluding hydrogens is 423 g/mol. The second-order valence-electron chi connectivity index (χ2n) is 5.02. The Morgan fingerprint density at radius 2 is 1.88 bits per heavy atom. The van der Waals surface area contributed by atoms with Gasteiger partial charge in [0.2, 0.25) is 5.89 Å². The van der Waals surface area contributed by atoms with Gasteiger partial charge < -0.3 is 19.7 Å². The Morgan fingerprint density at radius 1 is 1.08 bits per heavy atom. The van der Waals surface area contributed by atoms with Gasteiger partial charge in [-0.3, -0.25) is 0 Å². The first kappa shape index (κ1) is 20.4. The monoisotopic (exact) mass is 448 g/mol. The summed E-state index contributed by atoms with van der Waals surface area (Å²) < 4.78 is 10.5. The van der Waals surface area contributed by atoms with E-state index in [1.807, 2.05) is 6.92 Å². The van der Waals surface area contributed by atoms with E-state index in [0.29, 0.717) is 30.8 Å². The Labute approximate surface area is 158 Å². The maximum atomic E-state index is 5.37. The molecule has 0 fully saturated rings. The van der Waals surface area contributed by atoms with Gasteiger partial charge >= 0.3 is 0 Å². The summed E-state index contributed by atoms with van der Waals surface area (Å²) in [5.41, 5.74) is 2.04. The van der Waals surface area contributed by atoms with Crippen molar-refractivity contribution < 1.29 is 9.05 Å². The lowest BCUT2D eigenvalue weighted by molar-refractivity contribution is 0.371. The van der Waals surface area contributed by atoms with Crippen LogP contribution in [0.1, 0.15) is 49.5 Å². The number of aryl methyl sites for hydroxylation is 3. The van der Waals surface area contributed by atoms with E-state index in [0.717, 1.165) is 36.4 Å². The van der Waals surface area contributed by atoms with E-state index in [2.05, 4.69) is 44.8 Å². The highest BCUT2D eigenvalue weighted by Gasteiger charge is 2.13. The minimum absolute atomic E-state index is 0. The van der Waals surface area contributed by atoms with Gasteiger partial charge in [0.05, 0.1) is 18.8 Å². The molecule has 2 aromatic rings. The maximum Gasteiger partial charge on any atom is 0.246 e.